The molecular formula is C19H18ClN3O2. The third-order valence-corrected chi connectivity index (χ3v) is 3.84. The molecule has 0 bridgehead atoms. The maximum absolute atomic E-state index is 12.1. The Morgan fingerprint density at radius 1 is 1.20 bits per heavy atom. The van der Waals surface area contributed by atoms with E-state index >= 15 is 0 Å². The highest BCUT2D eigenvalue weighted by Crippen LogP contribution is 2.14. The van der Waals surface area contributed by atoms with Crippen LogP contribution in [0.15, 0.2) is 60.3 Å². The number of nitrogens with zero attached hydrogens (tertiary/aromatic N) is 1. The summed E-state index contributed by atoms with van der Waals surface area (Å²) in [5.41, 5.74) is 1.80. The molecule has 0 heterocycles. The maximum Gasteiger partial charge on any atom is 0.263 e. The van der Waals surface area contributed by atoms with Crippen molar-refractivity contribution in [3.05, 3.63) is 76.5 Å². The van der Waals surface area contributed by atoms with Crippen molar-refractivity contribution < 1.29 is 9.53 Å². The van der Waals surface area contributed by atoms with Gasteiger partial charge in [0.15, 0.2) is 0 Å². The van der Waals surface area contributed by atoms with Gasteiger partial charge >= 0.3 is 0 Å². The van der Waals surface area contributed by atoms with Crippen LogP contribution in [0.1, 0.15) is 11.1 Å². The molecule has 0 atom stereocenters. The molecule has 0 saturated heterocycles. The molecule has 25 heavy (non-hydrogen) atoms. The average molecular weight is 356 g/mol. The van der Waals surface area contributed by atoms with E-state index in [0.717, 1.165) is 16.9 Å². The van der Waals surface area contributed by atoms with Gasteiger partial charge in [-0.1, -0.05) is 41.9 Å². The van der Waals surface area contributed by atoms with Crippen molar-refractivity contribution in [2.24, 2.45) is 0 Å². The Balaban J connectivity index is 1.89. The van der Waals surface area contributed by atoms with Crippen LogP contribution in [-0.4, -0.2) is 13.0 Å². The lowest BCUT2D eigenvalue weighted by molar-refractivity contribution is -0.117. The zero-order valence-corrected chi connectivity index (χ0v) is 14.5. The summed E-state index contributed by atoms with van der Waals surface area (Å²) >= 11 is 6.04. The van der Waals surface area contributed by atoms with Crippen LogP contribution in [0, 0.1) is 11.3 Å². The van der Waals surface area contributed by atoms with Gasteiger partial charge in [0.25, 0.3) is 5.91 Å². The molecular weight excluding hydrogens is 338 g/mol. The van der Waals surface area contributed by atoms with Crippen LogP contribution in [0.25, 0.3) is 0 Å². The standard InChI is InChI=1S/C19H18ClN3O2/c1-25-17-8-6-14(7-9-17)11-22-12-16(10-21)19(24)23-13-15-4-2-3-5-18(15)20/h2-9,12,22H,11,13H2,1H3,(H,23,24)/b16-12-. The van der Waals surface area contributed by atoms with Crippen LogP contribution >= 0.6 is 11.6 Å². The van der Waals surface area contributed by atoms with Crippen molar-refractivity contribution in [2.45, 2.75) is 13.1 Å². The molecule has 0 aliphatic heterocycles. The van der Waals surface area contributed by atoms with Gasteiger partial charge in [0.1, 0.15) is 17.4 Å². The van der Waals surface area contributed by atoms with Crippen molar-refractivity contribution in [3.8, 4) is 11.8 Å². The number of rotatable bonds is 7. The smallest absolute Gasteiger partial charge is 0.263 e. The van der Waals surface area contributed by atoms with Crippen LogP contribution in [0.4, 0.5) is 0 Å². The highest BCUT2D eigenvalue weighted by molar-refractivity contribution is 6.31. The Hall–Kier alpha value is -2.97. The van der Waals surface area contributed by atoms with Gasteiger partial charge < -0.3 is 15.4 Å². The van der Waals surface area contributed by atoms with E-state index in [4.69, 9.17) is 21.6 Å². The van der Waals surface area contributed by atoms with Crippen molar-refractivity contribution in [1.82, 2.24) is 10.6 Å². The minimum atomic E-state index is -0.454. The summed E-state index contributed by atoms with van der Waals surface area (Å²) in [5, 5.41) is 15.4. The fourth-order valence-electron chi connectivity index (χ4n) is 2.08. The van der Waals surface area contributed by atoms with E-state index in [-0.39, 0.29) is 12.1 Å². The third kappa shape index (κ3) is 5.55. The molecule has 6 heteroatoms. The molecule has 0 aliphatic rings. The van der Waals surface area contributed by atoms with Gasteiger partial charge in [-0.25, -0.2) is 0 Å². The van der Waals surface area contributed by atoms with Crippen LogP contribution in [-0.2, 0) is 17.9 Å². The molecule has 5 nitrogen and oxygen atoms in total. The van der Waals surface area contributed by atoms with E-state index in [2.05, 4.69) is 10.6 Å². The molecule has 1 amide bonds. The number of nitriles is 1. The lowest BCUT2D eigenvalue weighted by atomic mass is 10.2. The van der Waals surface area contributed by atoms with Crippen molar-refractivity contribution in [3.63, 3.8) is 0 Å². The summed E-state index contributed by atoms with van der Waals surface area (Å²) in [6.45, 7) is 0.753. The number of ether oxygens (including phenoxy) is 1. The van der Waals surface area contributed by atoms with E-state index in [1.807, 2.05) is 48.5 Å². The number of amides is 1. The monoisotopic (exact) mass is 355 g/mol. The molecule has 0 spiro atoms. The van der Waals surface area contributed by atoms with Crippen LogP contribution in [0.5, 0.6) is 5.75 Å². The number of hydrogen-bond acceptors (Lipinski definition) is 4. The lowest BCUT2D eigenvalue weighted by Gasteiger charge is -2.07. The van der Waals surface area contributed by atoms with Gasteiger partial charge in [-0.05, 0) is 29.3 Å². The van der Waals surface area contributed by atoms with Crippen LogP contribution in [0.3, 0.4) is 0 Å². The maximum atomic E-state index is 12.1. The van der Waals surface area contributed by atoms with Crippen LogP contribution in [0.2, 0.25) is 5.02 Å². The Morgan fingerprint density at radius 2 is 1.92 bits per heavy atom. The molecule has 0 unspecified atom stereocenters. The number of benzene rings is 2. The zero-order valence-electron chi connectivity index (χ0n) is 13.8. The Labute approximate surface area is 151 Å². The predicted molar refractivity (Wildman–Crippen MR) is 96.8 cm³/mol. The summed E-state index contributed by atoms with van der Waals surface area (Å²) < 4.78 is 5.09. The Morgan fingerprint density at radius 3 is 2.56 bits per heavy atom. The summed E-state index contributed by atoms with van der Waals surface area (Å²) in [6, 6.07) is 16.6. The van der Waals surface area contributed by atoms with E-state index in [9.17, 15) is 4.79 Å². The second kappa shape index (κ2) is 9.36. The predicted octanol–water partition coefficient (Wildman–Crippen LogP) is 3.16. The summed E-state index contributed by atoms with van der Waals surface area (Å²) in [6.07, 6.45) is 1.41. The molecule has 0 radical (unpaired) electrons. The third-order valence-electron chi connectivity index (χ3n) is 3.47. The molecule has 0 saturated carbocycles. The van der Waals surface area contributed by atoms with Gasteiger partial charge in [0, 0.05) is 24.3 Å². The number of methoxy groups -OCH3 is 1. The molecule has 0 aliphatic carbocycles. The first-order chi connectivity index (χ1) is 12.1. The summed E-state index contributed by atoms with van der Waals surface area (Å²) in [5.74, 6) is 0.320. The molecule has 2 rings (SSSR count). The van der Waals surface area contributed by atoms with Crippen LogP contribution < -0.4 is 15.4 Å². The van der Waals surface area contributed by atoms with Crippen molar-refractivity contribution in [1.29, 1.82) is 5.26 Å². The van der Waals surface area contributed by atoms with Gasteiger partial charge in [0.05, 0.1) is 7.11 Å². The number of carbonyl (C=O) groups excluding carboxylic acids is 1. The minimum absolute atomic E-state index is 0.000523. The minimum Gasteiger partial charge on any atom is -0.497 e. The Kier molecular flexibility index (Phi) is 6.87. The zero-order chi connectivity index (χ0) is 18.1. The molecule has 2 aromatic carbocycles. The first kappa shape index (κ1) is 18.4. The van der Waals surface area contributed by atoms with Gasteiger partial charge in [0.2, 0.25) is 0 Å². The van der Waals surface area contributed by atoms with Gasteiger partial charge in [-0.15, -0.1) is 0 Å². The molecule has 2 aromatic rings. The SMILES string of the molecule is COc1ccc(CN/C=C(/C#N)C(=O)NCc2ccccc2Cl)cc1. The molecule has 128 valence electrons. The first-order valence-electron chi connectivity index (χ1n) is 7.62. The highest BCUT2D eigenvalue weighted by Gasteiger charge is 2.09. The van der Waals surface area contributed by atoms with E-state index < -0.39 is 5.91 Å². The van der Waals surface area contributed by atoms with Gasteiger partial charge in [-0.2, -0.15) is 5.26 Å². The van der Waals surface area contributed by atoms with Crippen molar-refractivity contribution >= 4 is 17.5 Å². The lowest BCUT2D eigenvalue weighted by Crippen LogP contribution is -2.25. The van der Waals surface area contributed by atoms with Crippen molar-refractivity contribution in [2.75, 3.05) is 7.11 Å². The summed E-state index contributed by atoms with van der Waals surface area (Å²) in [7, 11) is 1.61. The van der Waals surface area contributed by atoms with E-state index in [1.165, 1.54) is 6.20 Å². The van der Waals surface area contributed by atoms with Gasteiger partial charge in [-0.3, -0.25) is 4.79 Å². The van der Waals surface area contributed by atoms with E-state index in [1.54, 1.807) is 13.2 Å². The molecule has 0 aromatic heterocycles. The number of nitrogens with one attached hydrogen (secondary N) is 2. The average Bonchev–Trinajstić information content (AvgIpc) is 2.65. The number of carbonyl (C=O) groups is 1. The number of halogens is 1. The van der Waals surface area contributed by atoms with E-state index in [0.29, 0.717) is 11.6 Å². The first-order valence-corrected chi connectivity index (χ1v) is 8.00. The number of hydrogen-bond donors (Lipinski definition) is 2. The quantitative estimate of drug-likeness (QED) is 0.591. The topological polar surface area (TPSA) is 74.1 Å². The highest BCUT2D eigenvalue weighted by atomic mass is 35.5. The Bertz CT molecular complexity index is 795. The largest absolute Gasteiger partial charge is 0.497 e. The normalized spacial score (nSPS) is 10.7. The fourth-order valence-corrected chi connectivity index (χ4v) is 2.28. The molecule has 2 N–H and O–H groups in total. The second-order valence-corrected chi connectivity index (χ2v) is 5.58. The second-order valence-electron chi connectivity index (χ2n) is 5.17. The fraction of sp³-hybridized carbons (Fsp3) is 0.158. The summed E-state index contributed by atoms with van der Waals surface area (Å²) in [4.78, 5) is 12.1. The molecule has 0 fully saturated rings.